The number of nitrogens with zero attached hydrogens (tertiary/aromatic N) is 2. The maximum atomic E-state index is 5.10. The number of hydrogen-bond acceptors (Lipinski definition) is 5. The van der Waals surface area contributed by atoms with Crippen LogP contribution in [0, 0.1) is 0 Å². The first kappa shape index (κ1) is 9.73. The Bertz CT molecular complexity index is 304. The summed E-state index contributed by atoms with van der Waals surface area (Å²) in [5, 5.41) is 4.68. The Morgan fingerprint density at radius 3 is 3.14 bits per heavy atom. The van der Waals surface area contributed by atoms with Gasteiger partial charge in [-0.2, -0.15) is 0 Å². The lowest BCUT2D eigenvalue weighted by Gasteiger charge is -2.24. The van der Waals surface area contributed by atoms with Gasteiger partial charge in [-0.05, 0) is 13.0 Å². The molecule has 0 unspecified atom stereocenters. The molecule has 0 spiro atoms. The molecule has 1 saturated heterocycles. The van der Waals surface area contributed by atoms with Crippen LogP contribution in [0.3, 0.4) is 0 Å². The van der Waals surface area contributed by atoms with Gasteiger partial charge in [-0.3, -0.25) is 0 Å². The van der Waals surface area contributed by atoms with Gasteiger partial charge < -0.3 is 10.1 Å². The summed E-state index contributed by atoms with van der Waals surface area (Å²) in [7, 11) is 0. The topological polar surface area (TPSA) is 47.0 Å². The minimum absolute atomic E-state index is 0.569. The molecule has 76 valence electrons. The molecule has 4 nitrogen and oxygen atoms in total. The van der Waals surface area contributed by atoms with Crippen LogP contribution in [-0.4, -0.2) is 35.0 Å². The van der Waals surface area contributed by atoms with Crippen LogP contribution in [0.5, 0.6) is 0 Å². The minimum Gasteiger partial charge on any atom is -0.379 e. The predicted octanol–water partition coefficient (Wildman–Crippen LogP) is 1.40. The summed E-state index contributed by atoms with van der Waals surface area (Å²) >= 11 is 1.75. The summed E-state index contributed by atoms with van der Waals surface area (Å²) in [4.78, 5) is 8.48. The number of rotatable bonds is 4. The van der Waals surface area contributed by atoms with E-state index in [4.69, 9.17) is 4.74 Å². The van der Waals surface area contributed by atoms with Crippen molar-refractivity contribution in [2.75, 3.05) is 25.1 Å². The molecule has 1 fully saturated rings. The average molecular weight is 211 g/mol. The first-order valence-corrected chi connectivity index (χ1v) is 5.58. The van der Waals surface area contributed by atoms with E-state index in [0.717, 1.165) is 24.8 Å². The highest BCUT2D eigenvalue weighted by Crippen LogP contribution is 2.26. The van der Waals surface area contributed by atoms with Crippen molar-refractivity contribution in [2.24, 2.45) is 0 Å². The van der Waals surface area contributed by atoms with Crippen LogP contribution < -0.4 is 5.32 Å². The van der Waals surface area contributed by atoms with Gasteiger partial charge in [-0.15, -0.1) is 0 Å². The number of nitrogens with one attached hydrogen (secondary N) is 1. The van der Waals surface area contributed by atoms with E-state index in [0.29, 0.717) is 11.2 Å². The van der Waals surface area contributed by atoms with Crippen molar-refractivity contribution in [3.8, 4) is 0 Å². The molecule has 0 saturated carbocycles. The average Bonchev–Trinajstić information content (AvgIpc) is 2.13. The molecule has 0 atom stereocenters. The molecule has 2 heterocycles. The molecule has 1 aliphatic heterocycles. The zero-order valence-electron chi connectivity index (χ0n) is 8.06. The molecule has 1 aliphatic rings. The van der Waals surface area contributed by atoms with E-state index in [1.54, 1.807) is 18.0 Å². The maximum absolute atomic E-state index is 5.10. The van der Waals surface area contributed by atoms with Crippen molar-refractivity contribution < 1.29 is 4.74 Å². The maximum Gasteiger partial charge on any atom is 0.223 e. The first-order chi connectivity index (χ1) is 6.88. The smallest absolute Gasteiger partial charge is 0.223 e. The van der Waals surface area contributed by atoms with Crippen LogP contribution in [0.4, 0.5) is 5.95 Å². The van der Waals surface area contributed by atoms with Gasteiger partial charge >= 0.3 is 0 Å². The van der Waals surface area contributed by atoms with Crippen molar-refractivity contribution in [3.63, 3.8) is 0 Å². The van der Waals surface area contributed by atoms with Gasteiger partial charge in [-0.1, -0.05) is 11.8 Å². The molecule has 0 bridgehead atoms. The lowest BCUT2D eigenvalue weighted by atomic mass is 10.4. The van der Waals surface area contributed by atoms with Crippen molar-refractivity contribution in [1.29, 1.82) is 0 Å². The molecule has 0 amide bonds. The Hall–Kier alpha value is -0.810. The fourth-order valence-electron chi connectivity index (χ4n) is 1.10. The summed E-state index contributed by atoms with van der Waals surface area (Å²) in [6.45, 7) is 4.56. The molecule has 0 radical (unpaired) electrons. The fourth-order valence-corrected chi connectivity index (χ4v) is 2.05. The molecular formula is C9H13N3OS. The van der Waals surface area contributed by atoms with Crippen LogP contribution >= 0.6 is 11.8 Å². The van der Waals surface area contributed by atoms with Gasteiger partial charge in [-0.25, -0.2) is 9.97 Å². The molecule has 14 heavy (non-hydrogen) atoms. The number of ether oxygens (including phenoxy) is 1. The Morgan fingerprint density at radius 1 is 1.64 bits per heavy atom. The second kappa shape index (κ2) is 4.61. The fraction of sp³-hybridized carbons (Fsp3) is 0.556. The number of aromatic nitrogens is 2. The number of anilines is 1. The molecule has 5 heteroatoms. The Labute approximate surface area is 87.5 Å². The lowest BCUT2D eigenvalue weighted by Crippen LogP contribution is -2.30. The summed E-state index contributed by atoms with van der Waals surface area (Å²) in [5.74, 6) is 0.706. The first-order valence-electron chi connectivity index (χ1n) is 4.70. The summed E-state index contributed by atoms with van der Waals surface area (Å²) in [6.07, 6.45) is 1.78. The molecule has 1 aromatic rings. The van der Waals surface area contributed by atoms with Crippen molar-refractivity contribution in [3.05, 3.63) is 12.3 Å². The SMILES string of the molecule is CCNc1nccc(SC2COC2)n1. The standard InChI is InChI=1S/C9H13N3OS/c1-2-10-9-11-4-3-8(12-9)14-7-5-13-6-7/h3-4,7H,2,5-6H2,1H3,(H,10,11,12). The Morgan fingerprint density at radius 2 is 2.50 bits per heavy atom. The van der Waals surface area contributed by atoms with Crippen molar-refractivity contribution in [2.45, 2.75) is 17.2 Å². The van der Waals surface area contributed by atoms with Gasteiger partial charge in [0.1, 0.15) is 5.03 Å². The van der Waals surface area contributed by atoms with Gasteiger partial charge in [0.05, 0.1) is 18.5 Å². The van der Waals surface area contributed by atoms with E-state index in [1.807, 2.05) is 13.0 Å². The normalized spacial score (nSPS) is 16.4. The van der Waals surface area contributed by atoms with E-state index < -0.39 is 0 Å². The lowest BCUT2D eigenvalue weighted by molar-refractivity contribution is 0.0454. The second-order valence-electron chi connectivity index (χ2n) is 3.03. The van der Waals surface area contributed by atoms with E-state index in [2.05, 4.69) is 15.3 Å². The minimum atomic E-state index is 0.569. The quantitative estimate of drug-likeness (QED) is 0.763. The summed E-state index contributed by atoms with van der Waals surface area (Å²) in [6, 6.07) is 1.93. The molecule has 1 aromatic heterocycles. The molecular weight excluding hydrogens is 198 g/mol. The molecule has 1 N–H and O–H groups in total. The summed E-state index contributed by atoms with van der Waals surface area (Å²) in [5.41, 5.74) is 0. The third-order valence-electron chi connectivity index (χ3n) is 1.86. The highest BCUT2D eigenvalue weighted by Gasteiger charge is 2.20. The molecule has 2 rings (SSSR count). The van der Waals surface area contributed by atoms with Crippen LogP contribution in [0.25, 0.3) is 0 Å². The van der Waals surface area contributed by atoms with E-state index in [1.165, 1.54) is 0 Å². The van der Waals surface area contributed by atoms with E-state index >= 15 is 0 Å². The highest BCUT2D eigenvalue weighted by atomic mass is 32.2. The predicted molar refractivity (Wildman–Crippen MR) is 56.7 cm³/mol. The van der Waals surface area contributed by atoms with Crippen LogP contribution in [0.2, 0.25) is 0 Å². The van der Waals surface area contributed by atoms with Crippen molar-refractivity contribution >= 4 is 17.7 Å². The third kappa shape index (κ3) is 2.36. The van der Waals surface area contributed by atoms with Gasteiger partial charge in [0.2, 0.25) is 5.95 Å². The molecule has 0 aliphatic carbocycles. The third-order valence-corrected chi connectivity index (χ3v) is 2.93. The van der Waals surface area contributed by atoms with Gasteiger partial charge in [0, 0.05) is 12.7 Å². The second-order valence-corrected chi connectivity index (χ2v) is 4.35. The Balaban J connectivity index is 1.97. The zero-order chi connectivity index (χ0) is 9.80. The zero-order valence-corrected chi connectivity index (χ0v) is 8.88. The summed E-state index contributed by atoms with van der Waals surface area (Å²) < 4.78 is 5.10. The molecule has 0 aromatic carbocycles. The van der Waals surface area contributed by atoms with Crippen LogP contribution in [0.15, 0.2) is 17.3 Å². The number of hydrogen-bond donors (Lipinski definition) is 1. The monoisotopic (exact) mass is 211 g/mol. The Kier molecular flexibility index (Phi) is 3.21. The van der Waals surface area contributed by atoms with E-state index in [9.17, 15) is 0 Å². The number of thioether (sulfide) groups is 1. The highest BCUT2D eigenvalue weighted by molar-refractivity contribution is 8.00. The van der Waals surface area contributed by atoms with Gasteiger partial charge in [0.15, 0.2) is 0 Å². The van der Waals surface area contributed by atoms with E-state index in [-0.39, 0.29) is 0 Å². The largest absolute Gasteiger partial charge is 0.379 e. The van der Waals surface area contributed by atoms with Crippen molar-refractivity contribution in [1.82, 2.24) is 9.97 Å². The van der Waals surface area contributed by atoms with Gasteiger partial charge in [0.25, 0.3) is 0 Å². The van der Waals surface area contributed by atoms with Crippen LogP contribution in [0.1, 0.15) is 6.92 Å². The van der Waals surface area contributed by atoms with Crippen LogP contribution in [-0.2, 0) is 4.74 Å².